The van der Waals surface area contributed by atoms with E-state index in [-0.39, 0.29) is 18.2 Å². The number of aliphatic hydroxyl groups is 1. The van der Waals surface area contributed by atoms with Crippen molar-refractivity contribution in [2.45, 2.75) is 33.2 Å². The van der Waals surface area contributed by atoms with Crippen molar-refractivity contribution in [1.82, 2.24) is 9.78 Å². The van der Waals surface area contributed by atoms with Crippen LogP contribution in [0.4, 0.5) is 5.69 Å². The fraction of sp³-hybridized carbons (Fsp3) is 0.667. The standard InChI is InChI=1S/C12H20BrN3O2/c1-8(2)16-12(18)11(13)10(7-15-16)14-6-9(3)4-5-17/h7-9,14,17H,4-6H2,1-3H3. The number of halogens is 1. The largest absolute Gasteiger partial charge is 0.396 e. The molecule has 1 aromatic heterocycles. The topological polar surface area (TPSA) is 67.2 Å². The molecule has 0 radical (unpaired) electrons. The Morgan fingerprint density at radius 1 is 1.50 bits per heavy atom. The molecular formula is C12H20BrN3O2. The first-order chi connectivity index (χ1) is 8.47. The Morgan fingerprint density at radius 2 is 2.17 bits per heavy atom. The van der Waals surface area contributed by atoms with Crippen LogP contribution in [0, 0.1) is 5.92 Å². The molecule has 2 N–H and O–H groups in total. The summed E-state index contributed by atoms with van der Waals surface area (Å²) in [7, 11) is 0. The monoisotopic (exact) mass is 317 g/mol. The number of rotatable bonds is 6. The summed E-state index contributed by atoms with van der Waals surface area (Å²) in [5, 5.41) is 16.1. The lowest BCUT2D eigenvalue weighted by Gasteiger charge is -2.15. The Balaban J connectivity index is 2.80. The number of aromatic nitrogens is 2. The Kier molecular flexibility index (Phi) is 5.81. The van der Waals surface area contributed by atoms with Crippen molar-refractivity contribution in [2.75, 3.05) is 18.5 Å². The van der Waals surface area contributed by atoms with Crippen LogP contribution in [0.25, 0.3) is 0 Å². The summed E-state index contributed by atoms with van der Waals surface area (Å²) in [6, 6.07) is 0.0381. The highest BCUT2D eigenvalue weighted by molar-refractivity contribution is 9.10. The number of anilines is 1. The van der Waals surface area contributed by atoms with Gasteiger partial charge in [0.25, 0.3) is 5.56 Å². The van der Waals surface area contributed by atoms with Crippen molar-refractivity contribution in [2.24, 2.45) is 5.92 Å². The van der Waals surface area contributed by atoms with Gasteiger partial charge in [0.1, 0.15) is 4.47 Å². The van der Waals surface area contributed by atoms with Crippen LogP contribution in [0.2, 0.25) is 0 Å². The molecule has 0 amide bonds. The maximum absolute atomic E-state index is 12.0. The summed E-state index contributed by atoms with van der Waals surface area (Å²) in [6.45, 7) is 6.75. The third-order valence-electron chi connectivity index (χ3n) is 2.70. The first kappa shape index (κ1) is 15.2. The first-order valence-corrected chi connectivity index (χ1v) is 6.88. The van der Waals surface area contributed by atoms with Gasteiger partial charge in [-0.2, -0.15) is 5.10 Å². The molecule has 18 heavy (non-hydrogen) atoms. The van der Waals surface area contributed by atoms with E-state index in [1.807, 2.05) is 20.8 Å². The normalized spacial score (nSPS) is 12.8. The van der Waals surface area contributed by atoms with Crippen LogP contribution < -0.4 is 10.9 Å². The minimum absolute atomic E-state index is 0.0381. The molecule has 6 heteroatoms. The molecule has 1 aromatic rings. The number of hydrogen-bond acceptors (Lipinski definition) is 4. The Morgan fingerprint density at radius 3 is 2.72 bits per heavy atom. The zero-order valence-electron chi connectivity index (χ0n) is 11.0. The van der Waals surface area contributed by atoms with Gasteiger partial charge in [0.15, 0.2) is 0 Å². The van der Waals surface area contributed by atoms with E-state index in [1.165, 1.54) is 4.68 Å². The lowest BCUT2D eigenvalue weighted by Crippen LogP contribution is -2.26. The molecule has 0 aliphatic carbocycles. The van der Waals surface area contributed by atoms with Gasteiger partial charge in [-0.3, -0.25) is 4.79 Å². The lowest BCUT2D eigenvalue weighted by molar-refractivity contribution is 0.266. The quantitative estimate of drug-likeness (QED) is 0.842. The molecule has 0 spiro atoms. The number of aliphatic hydroxyl groups excluding tert-OH is 1. The summed E-state index contributed by atoms with van der Waals surface area (Å²) in [6.07, 6.45) is 2.39. The molecule has 1 rings (SSSR count). The maximum atomic E-state index is 12.0. The fourth-order valence-corrected chi connectivity index (χ4v) is 1.97. The molecule has 1 heterocycles. The van der Waals surface area contributed by atoms with Crippen molar-refractivity contribution in [1.29, 1.82) is 0 Å². The summed E-state index contributed by atoms with van der Waals surface area (Å²) in [5.74, 6) is 0.342. The smallest absolute Gasteiger partial charge is 0.283 e. The van der Waals surface area contributed by atoms with Crippen LogP contribution in [-0.2, 0) is 0 Å². The van der Waals surface area contributed by atoms with Crippen molar-refractivity contribution in [3.8, 4) is 0 Å². The summed E-state index contributed by atoms with van der Waals surface area (Å²) in [5.41, 5.74) is 0.562. The Hall–Kier alpha value is -0.880. The van der Waals surface area contributed by atoms with Gasteiger partial charge in [-0.15, -0.1) is 0 Å². The van der Waals surface area contributed by atoms with E-state index in [9.17, 15) is 4.79 Å². The summed E-state index contributed by atoms with van der Waals surface area (Å²) in [4.78, 5) is 12.0. The molecule has 102 valence electrons. The Bertz CT molecular complexity index is 445. The van der Waals surface area contributed by atoms with E-state index in [0.29, 0.717) is 22.6 Å². The highest BCUT2D eigenvalue weighted by atomic mass is 79.9. The predicted octanol–water partition coefficient (Wildman–Crippen LogP) is 2.02. The molecule has 5 nitrogen and oxygen atoms in total. The van der Waals surface area contributed by atoms with Gasteiger partial charge in [-0.25, -0.2) is 4.68 Å². The lowest BCUT2D eigenvalue weighted by atomic mass is 10.1. The molecule has 0 aromatic carbocycles. The van der Waals surface area contributed by atoms with E-state index in [0.717, 1.165) is 6.42 Å². The Labute approximate surface area is 115 Å². The van der Waals surface area contributed by atoms with Gasteiger partial charge in [0.2, 0.25) is 0 Å². The minimum Gasteiger partial charge on any atom is -0.396 e. The number of nitrogens with one attached hydrogen (secondary N) is 1. The van der Waals surface area contributed by atoms with E-state index >= 15 is 0 Å². The minimum atomic E-state index is -0.134. The SMILES string of the molecule is CC(CCO)CNc1cnn(C(C)C)c(=O)c1Br. The van der Waals surface area contributed by atoms with E-state index in [1.54, 1.807) is 6.20 Å². The highest BCUT2D eigenvalue weighted by Gasteiger charge is 2.11. The molecule has 0 saturated heterocycles. The van der Waals surface area contributed by atoms with Crippen LogP contribution >= 0.6 is 15.9 Å². The van der Waals surface area contributed by atoms with Crippen molar-refractivity contribution >= 4 is 21.6 Å². The zero-order chi connectivity index (χ0) is 13.7. The van der Waals surface area contributed by atoms with Gasteiger partial charge in [-0.05, 0) is 42.1 Å². The second-order valence-corrected chi connectivity index (χ2v) is 5.51. The molecule has 0 saturated carbocycles. The summed E-state index contributed by atoms with van der Waals surface area (Å²) >= 11 is 3.30. The van der Waals surface area contributed by atoms with Crippen LogP contribution in [-0.4, -0.2) is 28.0 Å². The molecule has 1 atom stereocenters. The third-order valence-corrected chi connectivity index (χ3v) is 3.46. The highest BCUT2D eigenvalue weighted by Crippen LogP contribution is 2.17. The molecule has 0 bridgehead atoms. The third kappa shape index (κ3) is 3.81. The van der Waals surface area contributed by atoms with E-state index in [2.05, 4.69) is 26.3 Å². The fourth-order valence-electron chi connectivity index (χ4n) is 1.54. The second kappa shape index (κ2) is 6.89. The van der Waals surface area contributed by atoms with Gasteiger partial charge in [0, 0.05) is 13.2 Å². The van der Waals surface area contributed by atoms with E-state index in [4.69, 9.17) is 5.11 Å². The average molecular weight is 318 g/mol. The zero-order valence-corrected chi connectivity index (χ0v) is 12.6. The van der Waals surface area contributed by atoms with Crippen molar-refractivity contribution in [3.05, 3.63) is 21.0 Å². The molecule has 0 fully saturated rings. The van der Waals surface area contributed by atoms with Crippen LogP contribution in [0.1, 0.15) is 33.2 Å². The molecule has 0 aliphatic heterocycles. The molecule has 1 unspecified atom stereocenters. The summed E-state index contributed by atoms with van der Waals surface area (Å²) < 4.78 is 1.94. The van der Waals surface area contributed by atoms with Gasteiger partial charge in [0.05, 0.1) is 17.9 Å². The van der Waals surface area contributed by atoms with Crippen LogP contribution in [0.5, 0.6) is 0 Å². The second-order valence-electron chi connectivity index (χ2n) is 4.71. The number of hydrogen-bond donors (Lipinski definition) is 2. The predicted molar refractivity (Wildman–Crippen MR) is 75.9 cm³/mol. The average Bonchev–Trinajstić information content (AvgIpc) is 2.31. The van der Waals surface area contributed by atoms with Gasteiger partial charge >= 0.3 is 0 Å². The van der Waals surface area contributed by atoms with E-state index < -0.39 is 0 Å². The van der Waals surface area contributed by atoms with Gasteiger partial charge < -0.3 is 10.4 Å². The molecular weight excluding hydrogens is 298 g/mol. The maximum Gasteiger partial charge on any atom is 0.283 e. The van der Waals surface area contributed by atoms with Gasteiger partial charge in [-0.1, -0.05) is 6.92 Å². The first-order valence-electron chi connectivity index (χ1n) is 6.09. The number of nitrogens with zero attached hydrogens (tertiary/aromatic N) is 2. The van der Waals surface area contributed by atoms with Crippen molar-refractivity contribution < 1.29 is 5.11 Å². The molecule has 0 aliphatic rings. The van der Waals surface area contributed by atoms with Crippen LogP contribution in [0.3, 0.4) is 0 Å². The van der Waals surface area contributed by atoms with Crippen LogP contribution in [0.15, 0.2) is 15.5 Å². The van der Waals surface area contributed by atoms with Crippen molar-refractivity contribution in [3.63, 3.8) is 0 Å².